The molecule has 1 aliphatic rings. The van der Waals surface area contributed by atoms with Gasteiger partial charge in [-0.25, -0.2) is 0 Å². The molecule has 0 bridgehead atoms. The molecule has 0 aromatic carbocycles. The van der Waals surface area contributed by atoms with Gasteiger partial charge in [0.05, 0.1) is 0 Å². The highest BCUT2D eigenvalue weighted by Crippen LogP contribution is 2.17. The van der Waals surface area contributed by atoms with Crippen LogP contribution < -0.4 is 10.2 Å². The monoisotopic (exact) mass is 212 g/mol. The van der Waals surface area contributed by atoms with E-state index in [0.29, 0.717) is 6.04 Å². The predicted molar refractivity (Wildman–Crippen MR) is 58.8 cm³/mol. The molecule has 0 amide bonds. The topological polar surface area (TPSA) is 41.0 Å². The van der Waals surface area contributed by atoms with Gasteiger partial charge < -0.3 is 10.2 Å². The van der Waals surface area contributed by atoms with Gasteiger partial charge in [-0.3, -0.25) is 0 Å². The lowest BCUT2D eigenvalue weighted by Gasteiger charge is -2.22. The Balaban J connectivity index is 1.93. The number of aromatic nitrogens is 2. The molecule has 2 heterocycles. The van der Waals surface area contributed by atoms with Crippen molar-refractivity contribution in [1.82, 2.24) is 15.5 Å². The number of rotatable bonds is 4. The van der Waals surface area contributed by atoms with Crippen LogP contribution in [0.4, 0.5) is 5.13 Å². The maximum Gasteiger partial charge on any atom is 0.208 e. The first-order chi connectivity index (χ1) is 6.90. The highest BCUT2D eigenvalue weighted by molar-refractivity contribution is 7.13. The minimum Gasteiger partial charge on any atom is -0.345 e. The molecule has 4 nitrogen and oxygen atoms in total. The summed E-state index contributed by atoms with van der Waals surface area (Å²) >= 11 is 1.61. The van der Waals surface area contributed by atoms with Gasteiger partial charge in [0.2, 0.25) is 5.13 Å². The second kappa shape index (κ2) is 4.70. The molecule has 5 heteroatoms. The number of nitrogens with one attached hydrogen (secondary N) is 1. The number of likely N-dealkylation sites (N-methyl/N-ethyl adjacent to an activating group) is 1. The van der Waals surface area contributed by atoms with Crippen molar-refractivity contribution in [3.05, 3.63) is 5.51 Å². The van der Waals surface area contributed by atoms with E-state index < -0.39 is 0 Å². The minimum absolute atomic E-state index is 0.638. The summed E-state index contributed by atoms with van der Waals surface area (Å²) in [5.74, 6) is 0. The summed E-state index contributed by atoms with van der Waals surface area (Å²) in [6.07, 6.45) is 2.59. The van der Waals surface area contributed by atoms with E-state index in [9.17, 15) is 0 Å². The zero-order valence-corrected chi connectivity index (χ0v) is 9.26. The third-order valence-electron chi connectivity index (χ3n) is 2.60. The normalized spacial score (nSPS) is 21.4. The fourth-order valence-corrected chi connectivity index (χ4v) is 2.46. The zero-order valence-electron chi connectivity index (χ0n) is 8.44. The molecule has 0 spiro atoms. The highest BCUT2D eigenvalue weighted by atomic mass is 32.1. The van der Waals surface area contributed by atoms with Crippen LogP contribution in [0.15, 0.2) is 5.51 Å². The summed E-state index contributed by atoms with van der Waals surface area (Å²) in [4.78, 5) is 2.29. The van der Waals surface area contributed by atoms with Gasteiger partial charge in [0.1, 0.15) is 5.51 Å². The maximum absolute atomic E-state index is 4.10. The number of hydrogen-bond donors (Lipinski definition) is 1. The zero-order chi connectivity index (χ0) is 9.80. The number of anilines is 1. The van der Waals surface area contributed by atoms with Crippen LogP contribution in [0.3, 0.4) is 0 Å². The molecule has 1 fully saturated rings. The van der Waals surface area contributed by atoms with Gasteiger partial charge in [-0.2, -0.15) is 0 Å². The number of nitrogens with zero attached hydrogens (tertiary/aromatic N) is 3. The Labute approximate surface area is 88.3 Å². The van der Waals surface area contributed by atoms with Crippen LogP contribution in [0.5, 0.6) is 0 Å². The quantitative estimate of drug-likeness (QED) is 0.812. The van der Waals surface area contributed by atoms with Crippen LogP contribution in [0.1, 0.15) is 19.8 Å². The smallest absolute Gasteiger partial charge is 0.208 e. The molecule has 14 heavy (non-hydrogen) atoms. The standard InChI is InChI=1S/C9H16N4S/c1-2-13(9-12-11-7-14-9)6-8-4-3-5-10-8/h7-8,10H,2-6H2,1H3. The fourth-order valence-electron chi connectivity index (χ4n) is 1.83. The van der Waals surface area contributed by atoms with E-state index in [2.05, 4.69) is 27.3 Å². The van der Waals surface area contributed by atoms with Gasteiger partial charge in [-0.1, -0.05) is 11.3 Å². The molecule has 0 radical (unpaired) electrons. The van der Waals surface area contributed by atoms with Crippen molar-refractivity contribution in [3.63, 3.8) is 0 Å². The van der Waals surface area contributed by atoms with E-state index >= 15 is 0 Å². The summed E-state index contributed by atoms with van der Waals surface area (Å²) in [6.45, 7) is 5.40. The van der Waals surface area contributed by atoms with Crippen molar-refractivity contribution in [2.75, 3.05) is 24.5 Å². The second-order valence-electron chi connectivity index (χ2n) is 3.55. The first-order valence-corrected chi connectivity index (χ1v) is 6.02. The Morgan fingerprint density at radius 1 is 1.71 bits per heavy atom. The van der Waals surface area contributed by atoms with Crippen LogP contribution in [0.2, 0.25) is 0 Å². The van der Waals surface area contributed by atoms with E-state index in [4.69, 9.17) is 0 Å². The largest absolute Gasteiger partial charge is 0.345 e. The lowest BCUT2D eigenvalue weighted by molar-refractivity contribution is 0.585. The van der Waals surface area contributed by atoms with Gasteiger partial charge in [0, 0.05) is 19.1 Å². The molecular formula is C9H16N4S. The lowest BCUT2D eigenvalue weighted by Crippen LogP contribution is -2.37. The van der Waals surface area contributed by atoms with Crippen molar-refractivity contribution in [2.24, 2.45) is 0 Å². The summed E-state index contributed by atoms with van der Waals surface area (Å²) in [5.41, 5.74) is 1.79. The molecule has 2 rings (SSSR count). The molecule has 1 atom stereocenters. The van der Waals surface area contributed by atoms with Crippen molar-refractivity contribution >= 4 is 16.5 Å². The molecule has 1 aromatic heterocycles. The van der Waals surface area contributed by atoms with Crippen molar-refractivity contribution in [2.45, 2.75) is 25.8 Å². The second-order valence-corrected chi connectivity index (χ2v) is 4.36. The van der Waals surface area contributed by atoms with Crippen LogP contribution in [-0.2, 0) is 0 Å². The van der Waals surface area contributed by atoms with Crippen molar-refractivity contribution in [1.29, 1.82) is 0 Å². The van der Waals surface area contributed by atoms with Crippen molar-refractivity contribution < 1.29 is 0 Å². The first-order valence-electron chi connectivity index (χ1n) is 5.14. The Kier molecular flexibility index (Phi) is 3.31. The number of hydrogen-bond acceptors (Lipinski definition) is 5. The average molecular weight is 212 g/mol. The molecule has 1 aromatic rings. The highest BCUT2D eigenvalue weighted by Gasteiger charge is 2.18. The van der Waals surface area contributed by atoms with Crippen LogP contribution in [0, 0.1) is 0 Å². The third-order valence-corrected chi connectivity index (χ3v) is 3.35. The van der Waals surface area contributed by atoms with Gasteiger partial charge in [-0.15, -0.1) is 10.2 Å². The van der Waals surface area contributed by atoms with Crippen LogP contribution in [0.25, 0.3) is 0 Å². The first kappa shape index (κ1) is 9.86. The molecule has 0 saturated carbocycles. The summed E-state index contributed by atoms with van der Waals surface area (Å²) in [7, 11) is 0. The Morgan fingerprint density at radius 3 is 3.21 bits per heavy atom. The third kappa shape index (κ3) is 2.22. The molecule has 1 unspecified atom stereocenters. The van der Waals surface area contributed by atoms with Crippen LogP contribution >= 0.6 is 11.3 Å². The molecular weight excluding hydrogens is 196 g/mol. The SMILES string of the molecule is CCN(CC1CCCN1)c1nncs1. The Hall–Kier alpha value is -0.680. The maximum atomic E-state index is 4.10. The molecule has 0 aliphatic carbocycles. The van der Waals surface area contributed by atoms with Crippen LogP contribution in [-0.4, -0.2) is 35.9 Å². The average Bonchev–Trinajstić information content (AvgIpc) is 2.86. The van der Waals surface area contributed by atoms with E-state index in [1.807, 2.05) is 0 Å². The summed E-state index contributed by atoms with van der Waals surface area (Å²) in [6, 6.07) is 0.638. The fraction of sp³-hybridized carbons (Fsp3) is 0.778. The molecule has 78 valence electrons. The van der Waals surface area contributed by atoms with Gasteiger partial charge in [-0.05, 0) is 26.3 Å². The summed E-state index contributed by atoms with van der Waals surface area (Å²) < 4.78 is 0. The van der Waals surface area contributed by atoms with Crippen molar-refractivity contribution in [3.8, 4) is 0 Å². The molecule has 1 N–H and O–H groups in total. The predicted octanol–water partition coefficient (Wildman–Crippen LogP) is 1.12. The van der Waals surface area contributed by atoms with Gasteiger partial charge >= 0.3 is 0 Å². The van der Waals surface area contributed by atoms with E-state index in [0.717, 1.165) is 18.2 Å². The van der Waals surface area contributed by atoms with Gasteiger partial charge in [0.15, 0.2) is 0 Å². The Bertz CT molecular complexity index is 256. The van der Waals surface area contributed by atoms with E-state index in [1.54, 1.807) is 16.8 Å². The summed E-state index contributed by atoms with van der Waals surface area (Å²) in [5, 5.41) is 12.5. The molecule has 1 saturated heterocycles. The van der Waals surface area contributed by atoms with E-state index in [-0.39, 0.29) is 0 Å². The molecule has 1 aliphatic heterocycles. The minimum atomic E-state index is 0.638. The Morgan fingerprint density at radius 2 is 2.64 bits per heavy atom. The van der Waals surface area contributed by atoms with E-state index in [1.165, 1.54) is 19.4 Å². The van der Waals surface area contributed by atoms with Gasteiger partial charge in [0.25, 0.3) is 0 Å². The lowest BCUT2D eigenvalue weighted by atomic mass is 10.2.